The van der Waals surface area contributed by atoms with E-state index in [-0.39, 0.29) is 5.38 Å². The molecule has 0 aliphatic rings. The van der Waals surface area contributed by atoms with Gasteiger partial charge in [-0.15, -0.1) is 11.6 Å². The average molecular weight is 179 g/mol. The van der Waals surface area contributed by atoms with Gasteiger partial charge in [0, 0.05) is 18.6 Å². The molecule has 0 bridgehead atoms. The molecule has 0 fully saturated rings. The smallest absolute Gasteiger partial charge is 0.0492 e. The lowest BCUT2D eigenvalue weighted by molar-refractivity contribution is 0.103. The molecule has 0 saturated heterocycles. The average Bonchev–Trinajstić information content (AvgIpc) is 1.86. The zero-order valence-corrected chi connectivity index (χ0v) is 8.53. The molecule has 2 atom stereocenters. The lowest BCUT2D eigenvalue weighted by atomic mass is 10.1. The van der Waals surface area contributed by atoms with Crippen molar-refractivity contribution in [2.45, 2.75) is 39.0 Å². The Labute approximate surface area is 75.1 Å². The van der Waals surface area contributed by atoms with Gasteiger partial charge in [-0.2, -0.15) is 0 Å². The van der Waals surface area contributed by atoms with Crippen molar-refractivity contribution in [3.05, 3.63) is 0 Å². The molecule has 0 aliphatic carbocycles. The van der Waals surface area contributed by atoms with Gasteiger partial charge in [-0.3, -0.25) is 0 Å². The number of halogens is 1. The fourth-order valence-corrected chi connectivity index (χ4v) is 1.36. The summed E-state index contributed by atoms with van der Waals surface area (Å²) in [5, 5.41) is 0.273. The first kappa shape index (κ1) is 11.2. The Balaban J connectivity index is 3.15. The van der Waals surface area contributed by atoms with Gasteiger partial charge in [-0.25, -0.2) is 0 Å². The minimum atomic E-state index is 0.273. The molecular formula is C9H19ClO. The molecule has 0 N–H and O–H groups in total. The SMILES string of the molecule is CCCOCC(C)CC(C)Cl. The second kappa shape index (κ2) is 6.93. The number of rotatable bonds is 6. The molecule has 0 saturated carbocycles. The van der Waals surface area contributed by atoms with E-state index < -0.39 is 0 Å². The predicted octanol–water partition coefficient (Wildman–Crippen LogP) is 3.07. The van der Waals surface area contributed by atoms with Gasteiger partial charge in [0.2, 0.25) is 0 Å². The van der Waals surface area contributed by atoms with E-state index in [4.69, 9.17) is 16.3 Å². The Bertz CT molecular complexity index is 83.6. The van der Waals surface area contributed by atoms with Crippen LogP contribution in [-0.2, 0) is 4.74 Å². The lowest BCUT2D eigenvalue weighted by Gasteiger charge is -2.12. The minimum absolute atomic E-state index is 0.273. The number of ether oxygens (including phenoxy) is 1. The van der Waals surface area contributed by atoms with Gasteiger partial charge in [-0.1, -0.05) is 13.8 Å². The van der Waals surface area contributed by atoms with E-state index in [9.17, 15) is 0 Å². The zero-order chi connectivity index (χ0) is 8.69. The third-order valence-corrected chi connectivity index (χ3v) is 1.66. The van der Waals surface area contributed by atoms with Crippen molar-refractivity contribution >= 4 is 11.6 Å². The molecule has 0 spiro atoms. The highest BCUT2D eigenvalue weighted by molar-refractivity contribution is 6.20. The van der Waals surface area contributed by atoms with Gasteiger partial charge in [-0.05, 0) is 25.7 Å². The summed E-state index contributed by atoms with van der Waals surface area (Å²) in [7, 11) is 0. The largest absolute Gasteiger partial charge is 0.381 e. The van der Waals surface area contributed by atoms with Crippen molar-refractivity contribution < 1.29 is 4.74 Å². The van der Waals surface area contributed by atoms with E-state index in [1.54, 1.807) is 0 Å². The lowest BCUT2D eigenvalue weighted by Crippen LogP contribution is -2.10. The Hall–Kier alpha value is 0.250. The quantitative estimate of drug-likeness (QED) is 0.449. The molecule has 11 heavy (non-hydrogen) atoms. The molecule has 0 heterocycles. The molecule has 2 heteroatoms. The molecule has 0 aromatic rings. The number of hydrogen-bond donors (Lipinski definition) is 0. The van der Waals surface area contributed by atoms with Crippen LogP contribution in [0.3, 0.4) is 0 Å². The van der Waals surface area contributed by atoms with Crippen LogP contribution in [0.25, 0.3) is 0 Å². The van der Waals surface area contributed by atoms with Gasteiger partial charge in [0.05, 0.1) is 0 Å². The van der Waals surface area contributed by atoms with Crippen molar-refractivity contribution in [2.24, 2.45) is 5.92 Å². The van der Waals surface area contributed by atoms with Crippen LogP contribution in [0.15, 0.2) is 0 Å². The third-order valence-electron chi connectivity index (χ3n) is 1.48. The Morgan fingerprint density at radius 1 is 1.36 bits per heavy atom. The Morgan fingerprint density at radius 2 is 2.00 bits per heavy atom. The van der Waals surface area contributed by atoms with Crippen LogP contribution in [0.5, 0.6) is 0 Å². The van der Waals surface area contributed by atoms with Crippen LogP contribution in [0.4, 0.5) is 0 Å². The highest BCUT2D eigenvalue weighted by Gasteiger charge is 2.05. The van der Waals surface area contributed by atoms with Crippen LogP contribution in [0, 0.1) is 5.92 Å². The predicted molar refractivity (Wildman–Crippen MR) is 50.2 cm³/mol. The number of hydrogen-bond acceptors (Lipinski definition) is 1. The second-order valence-electron chi connectivity index (χ2n) is 3.20. The first-order chi connectivity index (χ1) is 5.16. The summed E-state index contributed by atoms with van der Waals surface area (Å²) in [4.78, 5) is 0. The van der Waals surface area contributed by atoms with Crippen LogP contribution in [-0.4, -0.2) is 18.6 Å². The molecule has 0 aromatic carbocycles. The summed E-state index contributed by atoms with van der Waals surface area (Å²) in [6.07, 6.45) is 2.15. The van der Waals surface area contributed by atoms with Gasteiger partial charge < -0.3 is 4.74 Å². The molecule has 2 unspecified atom stereocenters. The van der Waals surface area contributed by atoms with Crippen LogP contribution >= 0.6 is 11.6 Å². The summed E-state index contributed by atoms with van der Waals surface area (Å²) < 4.78 is 5.39. The summed E-state index contributed by atoms with van der Waals surface area (Å²) in [5.41, 5.74) is 0. The summed E-state index contributed by atoms with van der Waals surface area (Å²) in [6, 6.07) is 0. The van der Waals surface area contributed by atoms with Crippen molar-refractivity contribution in [3.8, 4) is 0 Å². The first-order valence-electron chi connectivity index (χ1n) is 4.38. The van der Waals surface area contributed by atoms with Gasteiger partial charge >= 0.3 is 0 Å². The van der Waals surface area contributed by atoms with E-state index in [1.807, 2.05) is 6.92 Å². The summed E-state index contributed by atoms with van der Waals surface area (Å²) in [5.74, 6) is 0.592. The topological polar surface area (TPSA) is 9.23 Å². The highest BCUT2D eigenvalue weighted by Crippen LogP contribution is 2.10. The van der Waals surface area contributed by atoms with Crippen LogP contribution in [0.1, 0.15) is 33.6 Å². The molecule has 1 nitrogen and oxygen atoms in total. The zero-order valence-electron chi connectivity index (χ0n) is 7.77. The highest BCUT2D eigenvalue weighted by atomic mass is 35.5. The van der Waals surface area contributed by atoms with Gasteiger partial charge in [0.1, 0.15) is 0 Å². The molecule has 0 aliphatic heterocycles. The van der Waals surface area contributed by atoms with Crippen molar-refractivity contribution in [1.82, 2.24) is 0 Å². The van der Waals surface area contributed by atoms with E-state index >= 15 is 0 Å². The monoisotopic (exact) mass is 178 g/mol. The van der Waals surface area contributed by atoms with Crippen molar-refractivity contribution in [1.29, 1.82) is 0 Å². The molecule has 0 radical (unpaired) electrons. The molecule has 0 rings (SSSR count). The van der Waals surface area contributed by atoms with E-state index in [2.05, 4.69) is 13.8 Å². The minimum Gasteiger partial charge on any atom is -0.381 e. The van der Waals surface area contributed by atoms with E-state index in [0.29, 0.717) is 5.92 Å². The fraction of sp³-hybridized carbons (Fsp3) is 1.00. The summed E-state index contributed by atoms with van der Waals surface area (Å²) >= 11 is 5.83. The second-order valence-corrected chi connectivity index (χ2v) is 3.94. The molecule has 0 amide bonds. The van der Waals surface area contributed by atoms with Crippen LogP contribution < -0.4 is 0 Å². The third kappa shape index (κ3) is 8.15. The number of alkyl halides is 1. The fourth-order valence-electron chi connectivity index (χ4n) is 1.05. The Morgan fingerprint density at radius 3 is 2.45 bits per heavy atom. The van der Waals surface area contributed by atoms with Crippen molar-refractivity contribution in [3.63, 3.8) is 0 Å². The molecular weight excluding hydrogens is 160 g/mol. The van der Waals surface area contributed by atoms with Crippen LogP contribution in [0.2, 0.25) is 0 Å². The van der Waals surface area contributed by atoms with Gasteiger partial charge in [0.15, 0.2) is 0 Å². The summed E-state index contributed by atoms with van der Waals surface area (Å²) in [6.45, 7) is 8.05. The standard InChI is InChI=1S/C9H19ClO/c1-4-5-11-7-8(2)6-9(3)10/h8-9H,4-7H2,1-3H3. The molecule has 68 valence electrons. The maximum absolute atomic E-state index is 5.83. The maximum atomic E-state index is 5.83. The Kier molecular flexibility index (Phi) is 7.09. The van der Waals surface area contributed by atoms with Crippen molar-refractivity contribution in [2.75, 3.05) is 13.2 Å². The van der Waals surface area contributed by atoms with E-state index in [0.717, 1.165) is 26.1 Å². The normalized spacial score (nSPS) is 16.4. The maximum Gasteiger partial charge on any atom is 0.0492 e. The first-order valence-corrected chi connectivity index (χ1v) is 4.82. The van der Waals surface area contributed by atoms with Gasteiger partial charge in [0.25, 0.3) is 0 Å². The molecule has 0 aromatic heterocycles. The van der Waals surface area contributed by atoms with E-state index in [1.165, 1.54) is 0 Å².